The molecule has 0 radical (unpaired) electrons. The number of carbonyl (C=O) groups excluding carboxylic acids is 2. The van der Waals surface area contributed by atoms with Crippen molar-refractivity contribution in [1.29, 1.82) is 0 Å². The molecule has 0 spiro atoms. The number of hydrogen-bond acceptors (Lipinski definition) is 8. The summed E-state index contributed by atoms with van der Waals surface area (Å²) in [7, 11) is 1.16. The second kappa shape index (κ2) is 62.2. The van der Waals surface area contributed by atoms with Gasteiger partial charge < -0.3 is 27.9 Å². The molecule has 472 valence electrons. The van der Waals surface area contributed by atoms with Crippen molar-refractivity contribution in [2.24, 2.45) is 0 Å². The Morgan fingerprint density at radius 1 is 0.378 bits per heavy atom. The van der Waals surface area contributed by atoms with Crippen molar-refractivity contribution in [3.8, 4) is 0 Å². The van der Waals surface area contributed by atoms with E-state index in [1.165, 1.54) is 148 Å². The largest absolute Gasteiger partial charge is 0.756 e. The highest BCUT2D eigenvalue weighted by atomic mass is 31.2. The van der Waals surface area contributed by atoms with Crippen LogP contribution in [-0.2, 0) is 32.7 Å². The molecule has 0 N–H and O–H groups in total. The predicted molar refractivity (Wildman–Crippen MR) is 351 cm³/mol. The van der Waals surface area contributed by atoms with Crippen molar-refractivity contribution in [3.63, 3.8) is 0 Å². The Balaban J connectivity index is 4.05. The van der Waals surface area contributed by atoms with Crippen LogP contribution >= 0.6 is 7.82 Å². The van der Waals surface area contributed by atoms with Crippen LogP contribution in [0.4, 0.5) is 0 Å². The highest BCUT2D eigenvalue weighted by Crippen LogP contribution is 2.38. The Morgan fingerprint density at radius 3 is 0.976 bits per heavy atom. The van der Waals surface area contributed by atoms with E-state index in [2.05, 4.69) is 123 Å². The molecular formula is C72H126NO8P. The van der Waals surface area contributed by atoms with Crippen LogP contribution in [-0.4, -0.2) is 70.0 Å². The second-order valence-corrected chi connectivity index (χ2v) is 24.8. The van der Waals surface area contributed by atoms with Gasteiger partial charge in [0.15, 0.2) is 6.10 Å². The monoisotopic (exact) mass is 1160 g/mol. The van der Waals surface area contributed by atoms with Crippen molar-refractivity contribution in [2.75, 3.05) is 47.5 Å². The highest BCUT2D eigenvalue weighted by molar-refractivity contribution is 7.45. The maximum absolute atomic E-state index is 12.8. The number of esters is 2. The minimum atomic E-state index is -4.65. The van der Waals surface area contributed by atoms with E-state index < -0.39 is 26.5 Å². The molecule has 0 aliphatic heterocycles. The highest BCUT2D eigenvalue weighted by Gasteiger charge is 2.22. The Kier molecular flexibility index (Phi) is 59.7. The molecule has 10 heteroatoms. The molecule has 9 nitrogen and oxygen atoms in total. The van der Waals surface area contributed by atoms with Crippen LogP contribution in [0.1, 0.15) is 284 Å². The topological polar surface area (TPSA) is 111 Å². The van der Waals surface area contributed by atoms with Gasteiger partial charge in [-0.05, 0) is 96.3 Å². The van der Waals surface area contributed by atoms with E-state index in [1.54, 1.807) is 0 Å². The summed E-state index contributed by atoms with van der Waals surface area (Å²) in [5, 5.41) is 0. The van der Waals surface area contributed by atoms with E-state index >= 15 is 0 Å². The first-order valence-corrected chi connectivity index (χ1v) is 35.1. The van der Waals surface area contributed by atoms with Gasteiger partial charge in [0.1, 0.15) is 19.8 Å². The first kappa shape index (κ1) is 78.7. The number of nitrogens with zero attached hydrogens (tertiary/aromatic N) is 1. The SMILES string of the molecule is CC/C=C\C/C=C\C/C=C\C/C=C\C/C=C\CCCCCCCCCCCC(=O)OC(COC(=O)CCCCCCCCCCCCCCCCCCCCCC/C=C\C/C=C\C/C=C\C/C=C\CC)COP(=O)([O-])OCC[N+](C)(C)C. The van der Waals surface area contributed by atoms with E-state index in [1.807, 2.05) is 21.1 Å². The van der Waals surface area contributed by atoms with E-state index in [0.717, 1.165) is 103 Å². The van der Waals surface area contributed by atoms with Gasteiger partial charge in [0.05, 0.1) is 27.7 Å². The summed E-state index contributed by atoms with van der Waals surface area (Å²) < 4.78 is 34.3. The first-order valence-electron chi connectivity index (χ1n) is 33.6. The second-order valence-electron chi connectivity index (χ2n) is 23.4. The van der Waals surface area contributed by atoms with Crippen LogP contribution in [0.15, 0.2) is 109 Å². The number of phosphoric ester groups is 1. The van der Waals surface area contributed by atoms with Crippen molar-refractivity contribution in [3.05, 3.63) is 109 Å². The minimum absolute atomic E-state index is 0.0355. The molecule has 0 rings (SSSR count). The zero-order valence-corrected chi connectivity index (χ0v) is 54.6. The number of allylic oxidation sites excluding steroid dienone is 18. The standard InChI is InChI=1S/C72H126NO8P/c1-6-8-10-12-14-16-18-20-22-24-26-28-30-32-33-34-35-36-37-38-39-41-42-44-46-48-50-52-54-56-58-60-62-64-71(74)78-68-70(69-80-82(76,77)79-67-66-73(3,4)5)81-72(75)65-63-61-59-57-55-53-51-49-47-45-43-40-31-29-27-25-23-21-19-17-15-13-11-9-7-2/h8-11,14-17,20-23,26-29,40,43,70H,6-7,12-13,18-19,24-25,30-39,41-42,44-69H2,1-5H3/b10-8-,11-9-,16-14-,17-15-,22-20-,23-21-,28-26-,29-27-,43-40-. The molecule has 0 saturated heterocycles. The van der Waals surface area contributed by atoms with Gasteiger partial charge in [0, 0.05) is 12.8 Å². The Bertz CT molecular complexity index is 1750. The molecular weight excluding hydrogens is 1040 g/mol. The lowest BCUT2D eigenvalue weighted by Gasteiger charge is -2.28. The lowest BCUT2D eigenvalue weighted by molar-refractivity contribution is -0.870. The summed E-state index contributed by atoms with van der Waals surface area (Å²) in [6, 6.07) is 0. The van der Waals surface area contributed by atoms with Gasteiger partial charge in [-0.25, -0.2) is 0 Å². The van der Waals surface area contributed by atoms with E-state index in [4.69, 9.17) is 18.5 Å². The molecule has 0 saturated carbocycles. The average Bonchev–Trinajstić information content (AvgIpc) is 3.46. The quantitative estimate of drug-likeness (QED) is 0.0195. The van der Waals surface area contributed by atoms with Crippen molar-refractivity contribution >= 4 is 19.8 Å². The lowest BCUT2D eigenvalue weighted by atomic mass is 10.0. The average molecular weight is 1160 g/mol. The number of hydrogen-bond donors (Lipinski definition) is 0. The fourth-order valence-corrected chi connectivity index (χ4v) is 9.93. The van der Waals surface area contributed by atoms with Crippen molar-refractivity contribution in [2.45, 2.75) is 290 Å². The molecule has 0 amide bonds. The Morgan fingerprint density at radius 2 is 0.659 bits per heavy atom. The fraction of sp³-hybridized carbons (Fsp3) is 0.722. The zero-order chi connectivity index (χ0) is 59.8. The zero-order valence-electron chi connectivity index (χ0n) is 53.7. The van der Waals surface area contributed by atoms with Gasteiger partial charge in [-0.2, -0.15) is 0 Å². The van der Waals surface area contributed by atoms with Crippen LogP contribution in [0.25, 0.3) is 0 Å². The molecule has 0 aromatic rings. The summed E-state index contributed by atoms with van der Waals surface area (Å²) in [5.41, 5.74) is 0. The number of quaternary nitrogens is 1. The smallest absolute Gasteiger partial charge is 0.306 e. The number of unbranched alkanes of at least 4 members (excludes halogenated alkanes) is 29. The molecule has 82 heavy (non-hydrogen) atoms. The van der Waals surface area contributed by atoms with Gasteiger partial charge in [0.2, 0.25) is 0 Å². The van der Waals surface area contributed by atoms with Crippen LogP contribution in [0.5, 0.6) is 0 Å². The molecule has 2 unspecified atom stereocenters. The minimum Gasteiger partial charge on any atom is -0.756 e. The molecule has 2 atom stereocenters. The van der Waals surface area contributed by atoms with Gasteiger partial charge >= 0.3 is 11.9 Å². The van der Waals surface area contributed by atoms with E-state index in [9.17, 15) is 19.0 Å². The Labute approximate surface area is 506 Å². The molecule has 0 bridgehead atoms. The maximum atomic E-state index is 12.8. The van der Waals surface area contributed by atoms with Crippen LogP contribution in [0.3, 0.4) is 0 Å². The maximum Gasteiger partial charge on any atom is 0.306 e. The number of rotatable bonds is 61. The van der Waals surface area contributed by atoms with E-state index in [0.29, 0.717) is 17.4 Å². The van der Waals surface area contributed by atoms with Crippen LogP contribution in [0, 0.1) is 0 Å². The summed E-state index contributed by atoms with van der Waals surface area (Å²) in [5.74, 6) is -0.835. The van der Waals surface area contributed by atoms with E-state index in [-0.39, 0.29) is 32.0 Å². The van der Waals surface area contributed by atoms with Crippen molar-refractivity contribution in [1.82, 2.24) is 0 Å². The third-order valence-electron chi connectivity index (χ3n) is 14.3. The molecule has 0 aromatic heterocycles. The molecule has 0 aliphatic carbocycles. The van der Waals surface area contributed by atoms with Gasteiger partial charge in [-0.15, -0.1) is 0 Å². The van der Waals surface area contributed by atoms with Crippen LogP contribution in [0.2, 0.25) is 0 Å². The van der Waals surface area contributed by atoms with Gasteiger partial charge in [0.25, 0.3) is 7.82 Å². The molecule has 0 heterocycles. The normalized spacial score (nSPS) is 13.9. The van der Waals surface area contributed by atoms with Gasteiger partial charge in [-0.1, -0.05) is 284 Å². The number of ether oxygens (including phenoxy) is 2. The Hall–Kier alpha value is -3.33. The predicted octanol–water partition coefficient (Wildman–Crippen LogP) is 21.1. The fourth-order valence-electron chi connectivity index (χ4n) is 9.21. The van der Waals surface area contributed by atoms with Crippen LogP contribution < -0.4 is 4.89 Å². The summed E-state index contributed by atoms with van der Waals surface area (Å²) in [6.45, 7) is 4.03. The molecule has 0 fully saturated rings. The third-order valence-corrected chi connectivity index (χ3v) is 15.3. The van der Waals surface area contributed by atoms with Crippen molar-refractivity contribution < 1.29 is 42.1 Å². The number of likely N-dealkylation sites (N-methyl/N-ethyl adjacent to an activating group) is 1. The molecule has 0 aliphatic rings. The first-order chi connectivity index (χ1) is 40.0. The number of carbonyl (C=O) groups is 2. The summed E-state index contributed by atoms with van der Waals surface area (Å²) in [4.78, 5) is 38.0. The third kappa shape index (κ3) is 65.8. The number of phosphoric acid groups is 1. The summed E-state index contributed by atoms with van der Waals surface area (Å²) in [6.07, 6.45) is 87.3. The van der Waals surface area contributed by atoms with Gasteiger partial charge in [-0.3, -0.25) is 14.2 Å². The molecule has 0 aromatic carbocycles. The lowest BCUT2D eigenvalue weighted by Crippen LogP contribution is -2.37. The summed E-state index contributed by atoms with van der Waals surface area (Å²) >= 11 is 0.